The summed E-state index contributed by atoms with van der Waals surface area (Å²) >= 11 is 12.9. The van der Waals surface area contributed by atoms with Crippen molar-refractivity contribution < 1.29 is 4.79 Å². The van der Waals surface area contributed by atoms with Gasteiger partial charge in [-0.2, -0.15) is 9.61 Å². The fourth-order valence-electron chi connectivity index (χ4n) is 4.77. The smallest absolute Gasteiger partial charge is 0.221 e. The van der Waals surface area contributed by atoms with Crippen LogP contribution in [0.2, 0.25) is 10.0 Å². The minimum atomic E-state index is -0.00334. The van der Waals surface area contributed by atoms with Crippen LogP contribution in [0.25, 0.3) is 28.0 Å². The summed E-state index contributed by atoms with van der Waals surface area (Å²) in [5.74, 6) is 1.77. The zero-order valence-corrected chi connectivity index (χ0v) is 22.6. The fourth-order valence-corrected chi connectivity index (χ4v) is 5.12. The molecule has 192 valence electrons. The number of rotatable bonds is 7. The Morgan fingerprint density at radius 3 is 2.49 bits per heavy atom. The Bertz CT molecular complexity index is 1410. The minimum Gasteiger partial charge on any atom is -0.359 e. The van der Waals surface area contributed by atoms with Gasteiger partial charge in [0.1, 0.15) is 17.3 Å². The first-order chi connectivity index (χ1) is 18.0. The normalized spacial score (nSPS) is 13.7. The molecule has 0 atom stereocenters. The first-order valence-corrected chi connectivity index (χ1v) is 13.3. The Balaban J connectivity index is 1.75. The summed E-state index contributed by atoms with van der Waals surface area (Å²) in [5.41, 5.74) is 4.20. The number of hydrogen-bond donors (Lipinski definition) is 1. The number of fused-ring (bicyclic) bond motifs is 1. The maximum absolute atomic E-state index is 11.9. The Kier molecular flexibility index (Phi) is 7.53. The molecule has 1 fully saturated rings. The number of carbonyl (C=O) groups is 1. The zero-order chi connectivity index (χ0) is 25.9. The molecular weight excluding hydrogens is 507 g/mol. The number of aromatic nitrogens is 3. The number of benzene rings is 2. The van der Waals surface area contributed by atoms with Gasteiger partial charge in [0.25, 0.3) is 0 Å². The molecule has 3 heterocycles. The third kappa shape index (κ3) is 5.24. The van der Waals surface area contributed by atoms with Crippen molar-refractivity contribution in [2.45, 2.75) is 25.7 Å². The number of halogens is 2. The summed E-state index contributed by atoms with van der Waals surface area (Å²) in [5, 5.41) is 9.10. The Morgan fingerprint density at radius 1 is 1.05 bits per heavy atom. The van der Waals surface area contributed by atoms with Crippen molar-refractivity contribution in [1.29, 1.82) is 0 Å². The highest BCUT2D eigenvalue weighted by Crippen LogP contribution is 2.40. The SMILES string of the molecule is CNC(=O)CCN(C)c1cc(N2CCCCC2)n2nc(-c3ccccc3Cl)c(-c3ccc(Cl)cc3)c2n1. The van der Waals surface area contributed by atoms with Crippen LogP contribution in [0, 0.1) is 0 Å². The number of nitrogens with zero attached hydrogens (tertiary/aromatic N) is 5. The van der Waals surface area contributed by atoms with Gasteiger partial charge in [0.2, 0.25) is 5.91 Å². The molecule has 0 saturated carbocycles. The summed E-state index contributed by atoms with van der Waals surface area (Å²) in [7, 11) is 3.62. The summed E-state index contributed by atoms with van der Waals surface area (Å²) in [4.78, 5) is 21.4. The average molecular weight is 537 g/mol. The lowest BCUT2D eigenvalue weighted by Crippen LogP contribution is -2.32. The van der Waals surface area contributed by atoms with Crippen LogP contribution in [0.4, 0.5) is 11.6 Å². The van der Waals surface area contributed by atoms with Crippen molar-refractivity contribution in [3.8, 4) is 22.4 Å². The summed E-state index contributed by atoms with van der Waals surface area (Å²) in [6.07, 6.45) is 3.87. The molecule has 1 amide bonds. The number of piperidine rings is 1. The molecule has 1 aliphatic heterocycles. The van der Waals surface area contributed by atoms with Gasteiger partial charge in [-0.15, -0.1) is 0 Å². The van der Waals surface area contributed by atoms with Crippen LogP contribution in [-0.4, -0.2) is 54.2 Å². The molecule has 0 unspecified atom stereocenters. The molecule has 7 nitrogen and oxygen atoms in total. The van der Waals surface area contributed by atoms with Gasteiger partial charge < -0.3 is 15.1 Å². The number of nitrogens with one attached hydrogen (secondary N) is 1. The average Bonchev–Trinajstić information content (AvgIpc) is 3.31. The van der Waals surface area contributed by atoms with Gasteiger partial charge in [0.15, 0.2) is 5.65 Å². The van der Waals surface area contributed by atoms with Gasteiger partial charge in [-0.05, 0) is 43.0 Å². The van der Waals surface area contributed by atoms with Crippen LogP contribution in [0.3, 0.4) is 0 Å². The van der Waals surface area contributed by atoms with Crippen molar-refractivity contribution in [2.75, 3.05) is 43.5 Å². The van der Waals surface area contributed by atoms with E-state index < -0.39 is 0 Å². The van der Waals surface area contributed by atoms with E-state index in [1.165, 1.54) is 6.42 Å². The van der Waals surface area contributed by atoms with Gasteiger partial charge in [-0.25, -0.2) is 4.98 Å². The van der Waals surface area contributed by atoms with E-state index in [0.717, 1.165) is 65.6 Å². The molecule has 0 bridgehead atoms. The van der Waals surface area contributed by atoms with E-state index in [-0.39, 0.29) is 5.91 Å². The first-order valence-electron chi connectivity index (χ1n) is 12.6. The monoisotopic (exact) mass is 536 g/mol. The quantitative estimate of drug-likeness (QED) is 0.317. The largest absolute Gasteiger partial charge is 0.359 e. The van der Waals surface area contributed by atoms with Gasteiger partial charge in [0.05, 0.1) is 10.6 Å². The molecule has 0 aliphatic carbocycles. The summed E-state index contributed by atoms with van der Waals surface area (Å²) in [6, 6.07) is 17.6. The Labute approximate surface area is 227 Å². The maximum Gasteiger partial charge on any atom is 0.221 e. The molecule has 5 rings (SSSR count). The number of hydrogen-bond acceptors (Lipinski definition) is 5. The van der Waals surface area contributed by atoms with Crippen LogP contribution in [0.15, 0.2) is 54.6 Å². The Morgan fingerprint density at radius 2 is 1.78 bits per heavy atom. The van der Waals surface area contributed by atoms with E-state index >= 15 is 0 Å². The summed E-state index contributed by atoms with van der Waals surface area (Å²) < 4.78 is 1.95. The van der Waals surface area contributed by atoms with E-state index in [1.807, 2.05) is 65.0 Å². The van der Waals surface area contributed by atoms with E-state index in [4.69, 9.17) is 33.3 Å². The predicted octanol–water partition coefficient (Wildman–Crippen LogP) is 5.93. The molecular formula is C28H30Cl2N6O. The van der Waals surface area contributed by atoms with Gasteiger partial charge in [-0.3, -0.25) is 4.79 Å². The fraction of sp³-hybridized carbons (Fsp3) is 0.321. The van der Waals surface area contributed by atoms with Crippen molar-refractivity contribution in [3.05, 3.63) is 64.6 Å². The van der Waals surface area contributed by atoms with E-state index in [2.05, 4.69) is 16.3 Å². The zero-order valence-electron chi connectivity index (χ0n) is 21.0. The highest BCUT2D eigenvalue weighted by Gasteiger charge is 2.25. The molecule has 37 heavy (non-hydrogen) atoms. The molecule has 0 spiro atoms. The lowest BCUT2D eigenvalue weighted by molar-refractivity contribution is -0.120. The van der Waals surface area contributed by atoms with Crippen molar-refractivity contribution in [1.82, 2.24) is 19.9 Å². The van der Waals surface area contributed by atoms with E-state index in [9.17, 15) is 4.79 Å². The van der Waals surface area contributed by atoms with Crippen LogP contribution in [-0.2, 0) is 4.79 Å². The van der Waals surface area contributed by atoms with E-state index in [1.54, 1.807) is 7.05 Å². The van der Waals surface area contributed by atoms with Crippen molar-refractivity contribution in [2.24, 2.45) is 0 Å². The van der Waals surface area contributed by atoms with Crippen LogP contribution < -0.4 is 15.1 Å². The second-order valence-electron chi connectivity index (χ2n) is 9.31. The summed E-state index contributed by atoms with van der Waals surface area (Å²) in [6.45, 7) is 2.46. The molecule has 1 saturated heterocycles. The molecule has 1 aliphatic rings. The second-order valence-corrected chi connectivity index (χ2v) is 10.2. The lowest BCUT2D eigenvalue weighted by atomic mass is 10.0. The lowest BCUT2D eigenvalue weighted by Gasteiger charge is -2.30. The topological polar surface area (TPSA) is 65.8 Å². The molecule has 2 aromatic carbocycles. The molecule has 0 radical (unpaired) electrons. The minimum absolute atomic E-state index is 0.00334. The molecule has 9 heteroatoms. The third-order valence-corrected chi connectivity index (χ3v) is 7.42. The predicted molar refractivity (Wildman–Crippen MR) is 152 cm³/mol. The highest BCUT2D eigenvalue weighted by atomic mass is 35.5. The first kappa shape index (κ1) is 25.4. The van der Waals surface area contributed by atoms with Crippen LogP contribution in [0.1, 0.15) is 25.7 Å². The van der Waals surface area contributed by atoms with Crippen LogP contribution >= 0.6 is 23.2 Å². The Hall–Kier alpha value is -3.29. The second kappa shape index (κ2) is 11.0. The standard InChI is InChI=1S/C28H30Cl2N6O/c1-31-24(37)14-17-34(2)23-18-25(35-15-6-3-7-16-35)36-28(32-23)26(19-10-12-20(29)13-11-19)27(33-36)21-8-4-5-9-22(21)30/h4-5,8-13,18H,3,6-7,14-17H2,1-2H3,(H,31,37). The number of anilines is 2. The van der Waals surface area contributed by atoms with Crippen LogP contribution in [0.5, 0.6) is 0 Å². The molecule has 2 aromatic heterocycles. The number of amides is 1. The van der Waals surface area contributed by atoms with Gasteiger partial charge in [0, 0.05) is 56.8 Å². The maximum atomic E-state index is 11.9. The van der Waals surface area contributed by atoms with Gasteiger partial charge in [-0.1, -0.05) is 53.5 Å². The van der Waals surface area contributed by atoms with E-state index in [0.29, 0.717) is 23.0 Å². The van der Waals surface area contributed by atoms with Crippen molar-refractivity contribution >= 4 is 46.4 Å². The molecule has 1 N–H and O–H groups in total. The van der Waals surface area contributed by atoms with Crippen molar-refractivity contribution in [3.63, 3.8) is 0 Å². The van der Waals surface area contributed by atoms with Gasteiger partial charge >= 0.3 is 0 Å². The third-order valence-electron chi connectivity index (χ3n) is 6.84. The number of carbonyl (C=O) groups excluding carboxylic acids is 1. The highest BCUT2D eigenvalue weighted by molar-refractivity contribution is 6.33. The molecule has 4 aromatic rings.